The molecule has 0 aliphatic carbocycles. The molecule has 2 aliphatic rings. The lowest BCUT2D eigenvalue weighted by molar-refractivity contribution is -0.135. The van der Waals surface area contributed by atoms with Gasteiger partial charge in [0.15, 0.2) is 0 Å². The molecule has 2 saturated heterocycles. The molecule has 4 rings (SSSR count). The van der Waals surface area contributed by atoms with Gasteiger partial charge < -0.3 is 14.5 Å². The van der Waals surface area contributed by atoms with Crippen LogP contribution in [-0.2, 0) is 9.59 Å². The number of esters is 1. The Bertz CT molecular complexity index is 893. The molecule has 1 aromatic heterocycles. The minimum Gasteiger partial charge on any atom is -0.425 e. The molecule has 6 nitrogen and oxygen atoms in total. The fourth-order valence-corrected chi connectivity index (χ4v) is 4.49. The SMILES string of the molecule is CC(=O)Oc1ccc(N2CCC(C(=O)N3CC[C@H](c4ccc(Cl)cc4)C3)CC2)nc1. The predicted octanol–water partition coefficient (Wildman–Crippen LogP) is 3.89. The molecule has 158 valence electrons. The van der Waals surface area contributed by atoms with Crippen LogP contribution in [-0.4, -0.2) is 47.9 Å². The number of hydrogen-bond donors (Lipinski definition) is 0. The number of pyridine rings is 1. The monoisotopic (exact) mass is 427 g/mol. The van der Waals surface area contributed by atoms with Crippen LogP contribution in [0.15, 0.2) is 42.6 Å². The van der Waals surface area contributed by atoms with E-state index in [0.29, 0.717) is 11.7 Å². The molecule has 1 amide bonds. The van der Waals surface area contributed by atoms with Crippen molar-refractivity contribution in [2.75, 3.05) is 31.1 Å². The number of halogens is 1. The average molecular weight is 428 g/mol. The highest BCUT2D eigenvalue weighted by Crippen LogP contribution is 2.31. The van der Waals surface area contributed by atoms with Gasteiger partial charge in [0.1, 0.15) is 11.6 Å². The maximum Gasteiger partial charge on any atom is 0.308 e. The molecule has 3 heterocycles. The number of anilines is 1. The van der Waals surface area contributed by atoms with E-state index in [1.165, 1.54) is 12.5 Å². The number of benzene rings is 1. The lowest BCUT2D eigenvalue weighted by atomic mass is 9.95. The summed E-state index contributed by atoms with van der Waals surface area (Å²) >= 11 is 5.99. The summed E-state index contributed by atoms with van der Waals surface area (Å²) in [5.74, 6) is 1.69. The van der Waals surface area contributed by atoms with Crippen LogP contribution in [0.3, 0.4) is 0 Å². The normalized spacial score (nSPS) is 19.7. The number of hydrogen-bond acceptors (Lipinski definition) is 5. The third-order valence-corrected chi connectivity index (χ3v) is 6.24. The maximum absolute atomic E-state index is 13.0. The molecular weight excluding hydrogens is 402 g/mol. The summed E-state index contributed by atoms with van der Waals surface area (Å²) in [7, 11) is 0. The first-order valence-electron chi connectivity index (χ1n) is 10.4. The van der Waals surface area contributed by atoms with E-state index >= 15 is 0 Å². The van der Waals surface area contributed by atoms with E-state index in [4.69, 9.17) is 16.3 Å². The Morgan fingerprint density at radius 3 is 2.40 bits per heavy atom. The van der Waals surface area contributed by atoms with Crippen LogP contribution in [0.5, 0.6) is 5.75 Å². The van der Waals surface area contributed by atoms with Gasteiger partial charge in [0.25, 0.3) is 0 Å². The Morgan fingerprint density at radius 2 is 1.77 bits per heavy atom. The van der Waals surface area contributed by atoms with Crippen molar-refractivity contribution in [1.29, 1.82) is 0 Å². The number of nitrogens with zero attached hydrogens (tertiary/aromatic N) is 3. The van der Waals surface area contributed by atoms with Gasteiger partial charge in [0.2, 0.25) is 5.91 Å². The molecule has 0 saturated carbocycles. The Hall–Kier alpha value is -2.60. The van der Waals surface area contributed by atoms with Gasteiger partial charge in [0.05, 0.1) is 6.20 Å². The third kappa shape index (κ3) is 4.75. The van der Waals surface area contributed by atoms with E-state index in [1.54, 1.807) is 12.3 Å². The fourth-order valence-electron chi connectivity index (χ4n) is 4.37. The van der Waals surface area contributed by atoms with Crippen molar-refractivity contribution < 1.29 is 14.3 Å². The number of ether oxygens (including phenoxy) is 1. The van der Waals surface area contributed by atoms with Gasteiger partial charge in [0, 0.05) is 50.0 Å². The second kappa shape index (κ2) is 9.04. The number of rotatable bonds is 4. The number of carbonyl (C=O) groups is 2. The highest BCUT2D eigenvalue weighted by molar-refractivity contribution is 6.30. The van der Waals surface area contributed by atoms with E-state index in [-0.39, 0.29) is 17.8 Å². The fraction of sp³-hybridized carbons (Fsp3) is 0.435. The first-order valence-corrected chi connectivity index (χ1v) is 10.8. The summed E-state index contributed by atoms with van der Waals surface area (Å²) in [4.78, 5) is 32.7. The first-order chi connectivity index (χ1) is 14.5. The van der Waals surface area contributed by atoms with Gasteiger partial charge in [-0.25, -0.2) is 4.98 Å². The quantitative estimate of drug-likeness (QED) is 0.692. The van der Waals surface area contributed by atoms with Crippen molar-refractivity contribution in [2.45, 2.75) is 32.1 Å². The van der Waals surface area contributed by atoms with E-state index in [2.05, 4.69) is 22.0 Å². The first kappa shape index (κ1) is 20.7. The van der Waals surface area contributed by atoms with Crippen LogP contribution >= 0.6 is 11.6 Å². The molecule has 0 radical (unpaired) electrons. The van der Waals surface area contributed by atoms with Crippen LogP contribution in [0, 0.1) is 5.92 Å². The summed E-state index contributed by atoms with van der Waals surface area (Å²) in [5.41, 5.74) is 1.26. The van der Waals surface area contributed by atoms with Crippen LogP contribution in [0.25, 0.3) is 0 Å². The number of amides is 1. The van der Waals surface area contributed by atoms with Gasteiger partial charge in [-0.3, -0.25) is 9.59 Å². The molecule has 1 atom stereocenters. The molecule has 0 spiro atoms. The maximum atomic E-state index is 13.0. The molecule has 30 heavy (non-hydrogen) atoms. The van der Waals surface area contributed by atoms with E-state index in [1.807, 2.05) is 23.1 Å². The second-order valence-corrected chi connectivity index (χ2v) is 8.46. The van der Waals surface area contributed by atoms with E-state index in [0.717, 1.165) is 56.3 Å². The number of carbonyl (C=O) groups excluding carboxylic acids is 2. The van der Waals surface area contributed by atoms with Gasteiger partial charge in [-0.15, -0.1) is 0 Å². The van der Waals surface area contributed by atoms with Crippen LogP contribution in [0.2, 0.25) is 5.02 Å². The van der Waals surface area contributed by atoms with Gasteiger partial charge in [-0.05, 0) is 49.1 Å². The standard InChI is InChI=1S/C23H26ClN3O3/c1-16(28)30-21-6-7-22(25-14-21)26-11-8-18(9-12-26)23(29)27-13-10-19(15-27)17-2-4-20(24)5-3-17/h2-7,14,18-19H,8-13,15H2,1H3/t19-/m0/s1. The summed E-state index contributed by atoms with van der Waals surface area (Å²) in [6, 6.07) is 11.6. The lowest BCUT2D eigenvalue weighted by Crippen LogP contribution is -2.42. The summed E-state index contributed by atoms with van der Waals surface area (Å²) in [5, 5.41) is 0.743. The van der Waals surface area contributed by atoms with Crippen LogP contribution in [0.1, 0.15) is 37.7 Å². The molecule has 2 aromatic rings. The highest BCUT2D eigenvalue weighted by atomic mass is 35.5. The molecule has 2 fully saturated rings. The Labute approximate surface area is 181 Å². The Morgan fingerprint density at radius 1 is 1.03 bits per heavy atom. The van der Waals surface area contributed by atoms with Crippen LogP contribution < -0.4 is 9.64 Å². The Balaban J connectivity index is 1.29. The molecule has 7 heteroatoms. The molecule has 0 unspecified atom stereocenters. The lowest BCUT2D eigenvalue weighted by Gasteiger charge is -2.34. The van der Waals surface area contributed by atoms with Gasteiger partial charge in [-0.1, -0.05) is 23.7 Å². The smallest absolute Gasteiger partial charge is 0.308 e. The van der Waals surface area contributed by atoms with Crippen molar-refractivity contribution in [2.24, 2.45) is 5.92 Å². The Kier molecular flexibility index (Phi) is 6.23. The van der Waals surface area contributed by atoms with E-state index < -0.39 is 0 Å². The molecule has 0 N–H and O–H groups in total. The molecule has 1 aromatic carbocycles. The van der Waals surface area contributed by atoms with Crippen molar-refractivity contribution >= 4 is 29.3 Å². The highest BCUT2D eigenvalue weighted by Gasteiger charge is 2.33. The average Bonchev–Trinajstić information content (AvgIpc) is 3.24. The summed E-state index contributed by atoms with van der Waals surface area (Å²) in [6.07, 6.45) is 4.22. The van der Waals surface area contributed by atoms with E-state index in [9.17, 15) is 9.59 Å². The van der Waals surface area contributed by atoms with Crippen molar-refractivity contribution in [3.05, 3.63) is 53.2 Å². The van der Waals surface area contributed by atoms with Gasteiger partial charge in [-0.2, -0.15) is 0 Å². The zero-order valence-corrected chi connectivity index (χ0v) is 17.8. The summed E-state index contributed by atoms with van der Waals surface area (Å²) < 4.78 is 5.03. The predicted molar refractivity (Wildman–Crippen MR) is 116 cm³/mol. The molecular formula is C23H26ClN3O3. The van der Waals surface area contributed by atoms with Crippen molar-refractivity contribution in [3.8, 4) is 5.75 Å². The number of likely N-dealkylation sites (tertiary alicyclic amines) is 1. The zero-order chi connectivity index (χ0) is 21.1. The summed E-state index contributed by atoms with van der Waals surface area (Å²) in [6.45, 7) is 4.58. The number of aromatic nitrogens is 1. The third-order valence-electron chi connectivity index (χ3n) is 5.99. The van der Waals surface area contributed by atoms with Crippen molar-refractivity contribution in [3.63, 3.8) is 0 Å². The van der Waals surface area contributed by atoms with Gasteiger partial charge >= 0.3 is 5.97 Å². The largest absolute Gasteiger partial charge is 0.425 e. The second-order valence-electron chi connectivity index (χ2n) is 8.03. The minimum absolute atomic E-state index is 0.0746. The number of piperidine rings is 1. The van der Waals surface area contributed by atoms with Crippen LogP contribution in [0.4, 0.5) is 5.82 Å². The zero-order valence-electron chi connectivity index (χ0n) is 17.1. The van der Waals surface area contributed by atoms with Crippen molar-refractivity contribution in [1.82, 2.24) is 9.88 Å². The molecule has 0 bridgehead atoms. The topological polar surface area (TPSA) is 62.7 Å². The molecule has 2 aliphatic heterocycles. The minimum atomic E-state index is -0.357.